The highest BCUT2D eigenvalue weighted by Crippen LogP contribution is 2.18. The summed E-state index contributed by atoms with van der Waals surface area (Å²) in [7, 11) is 0. The zero-order chi connectivity index (χ0) is 24.9. The second kappa shape index (κ2) is 21.0. The summed E-state index contributed by atoms with van der Waals surface area (Å²) in [5.41, 5.74) is 0.0360. The fraction of sp³-hybridized carbons (Fsp3) is 0.556. The van der Waals surface area contributed by atoms with Crippen molar-refractivity contribution in [3.8, 4) is 0 Å². The van der Waals surface area contributed by atoms with Crippen molar-refractivity contribution < 1.29 is 19.1 Å². The molecule has 0 bridgehead atoms. The molecule has 0 aliphatic carbocycles. The largest absolute Gasteiger partial charge is 0.457 e. The van der Waals surface area contributed by atoms with Gasteiger partial charge >= 0.3 is 5.97 Å². The highest BCUT2D eigenvalue weighted by atomic mass is 16.6. The third-order valence-corrected chi connectivity index (χ3v) is 3.69. The minimum atomic E-state index is -1.03. The van der Waals surface area contributed by atoms with E-state index >= 15 is 0 Å². The van der Waals surface area contributed by atoms with Gasteiger partial charge in [-0.25, -0.2) is 4.79 Å². The maximum Gasteiger partial charge on any atom is 0.338 e. The molecule has 0 aliphatic rings. The second-order valence-corrected chi connectivity index (χ2v) is 6.57. The van der Waals surface area contributed by atoms with Crippen molar-refractivity contribution in [3.63, 3.8) is 0 Å². The van der Waals surface area contributed by atoms with Crippen molar-refractivity contribution >= 4 is 11.8 Å². The monoisotopic (exact) mass is 434 g/mol. The summed E-state index contributed by atoms with van der Waals surface area (Å²) in [6.45, 7) is 20.9. The minimum Gasteiger partial charge on any atom is -0.457 e. The lowest BCUT2D eigenvalue weighted by Gasteiger charge is -2.26. The molecule has 0 saturated carbocycles. The fourth-order valence-electron chi connectivity index (χ4n) is 2.14. The van der Waals surface area contributed by atoms with Crippen LogP contribution in [0.3, 0.4) is 0 Å². The predicted octanol–water partition coefficient (Wildman–Crippen LogP) is 7.33. The van der Waals surface area contributed by atoms with Crippen LogP contribution in [-0.2, 0) is 19.1 Å². The van der Waals surface area contributed by atoms with E-state index in [4.69, 9.17) is 9.47 Å². The standard InChI is InChI=1S/C23H34O4.2C2H6/c1-8-12-15-19(11-4)22(25)27-18(5)17-26-23(6,7)21(24)20(14-10-3)16-13-9-2;2*1-2/h9-16,18H,8,17H2,1-7H3;2*1-2H3/b13-9-,14-10-,15-12-,19-11+,20-16+;;. The number of ketones is 1. The van der Waals surface area contributed by atoms with Crippen LogP contribution in [-0.4, -0.2) is 30.1 Å². The Morgan fingerprint density at radius 2 is 1.52 bits per heavy atom. The normalized spacial score (nSPS) is 13.5. The number of carbonyl (C=O) groups excluding carboxylic acids is 2. The number of Topliss-reactive ketones (excluding diaryl/α,β-unsaturated/α-hetero) is 1. The first-order chi connectivity index (χ1) is 14.7. The van der Waals surface area contributed by atoms with Gasteiger partial charge in [0.05, 0.1) is 12.2 Å². The van der Waals surface area contributed by atoms with E-state index in [1.165, 1.54) is 0 Å². The molecule has 1 atom stereocenters. The van der Waals surface area contributed by atoms with Gasteiger partial charge < -0.3 is 9.47 Å². The molecule has 1 unspecified atom stereocenters. The molecular formula is C27H46O4. The number of rotatable bonds is 11. The lowest BCUT2D eigenvalue weighted by molar-refractivity contribution is -0.152. The topological polar surface area (TPSA) is 52.6 Å². The molecule has 0 amide bonds. The van der Waals surface area contributed by atoms with Crippen molar-refractivity contribution in [3.05, 3.63) is 59.8 Å². The maximum absolute atomic E-state index is 12.8. The third kappa shape index (κ3) is 15.3. The Bertz CT molecular complexity index is 632. The van der Waals surface area contributed by atoms with Gasteiger partial charge in [-0.3, -0.25) is 4.79 Å². The highest BCUT2D eigenvalue weighted by molar-refractivity contribution is 6.03. The summed E-state index contributed by atoms with van der Waals surface area (Å²) in [5.74, 6) is -0.526. The Kier molecular flexibility index (Phi) is 22.7. The maximum atomic E-state index is 12.8. The first-order valence-corrected chi connectivity index (χ1v) is 11.4. The first kappa shape index (κ1) is 33.4. The number of allylic oxidation sites excluding steroid dienone is 7. The molecule has 0 heterocycles. The van der Waals surface area contributed by atoms with Crippen LogP contribution in [0, 0.1) is 0 Å². The highest BCUT2D eigenvalue weighted by Gasteiger charge is 2.31. The van der Waals surface area contributed by atoms with Crippen LogP contribution in [0.15, 0.2) is 59.8 Å². The van der Waals surface area contributed by atoms with Crippen LogP contribution in [0.4, 0.5) is 0 Å². The molecule has 0 radical (unpaired) electrons. The fourth-order valence-corrected chi connectivity index (χ4v) is 2.14. The molecule has 0 aromatic heterocycles. The number of ether oxygens (including phenoxy) is 2. The van der Waals surface area contributed by atoms with Crippen LogP contribution in [0.1, 0.15) is 82.6 Å². The van der Waals surface area contributed by atoms with Crippen LogP contribution >= 0.6 is 0 Å². The Balaban J connectivity index is -0.00000184. The second-order valence-electron chi connectivity index (χ2n) is 6.57. The number of esters is 1. The van der Waals surface area contributed by atoms with E-state index in [-0.39, 0.29) is 12.4 Å². The van der Waals surface area contributed by atoms with E-state index in [1.807, 2.05) is 72.8 Å². The van der Waals surface area contributed by atoms with Crippen LogP contribution < -0.4 is 0 Å². The van der Waals surface area contributed by atoms with Gasteiger partial charge in [0, 0.05) is 5.57 Å². The SMILES string of the molecule is CC.CC.C\C=C/C=C(\C=C/C)C(=O)C(C)(C)OCC(C)OC(=O)C(/C=C\CC)=C/C. The van der Waals surface area contributed by atoms with Crippen LogP contribution in [0.25, 0.3) is 0 Å². The number of hydrogen-bond donors (Lipinski definition) is 0. The van der Waals surface area contributed by atoms with Crippen molar-refractivity contribution in [1.29, 1.82) is 0 Å². The van der Waals surface area contributed by atoms with E-state index < -0.39 is 17.7 Å². The lowest BCUT2D eigenvalue weighted by Crippen LogP contribution is -2.38. The van der Waals surface area contributed by atoms with Crippen LogP contribution in [0.2, 0.25) is 0 Å². The molecule has 0 spiro atoms. The molecule has 0 aromatic rings. The summed E-state index contributed by atoms with van der Waals surface area (Å²) >= 11 is 0. The van der Waals surface area contributed by atoms with Crippen molar-refractivity contribution in [2.75, 3.05) is 6.61 Å². The van der Waals surface area contributed by atoms with Gasteiger partial charge in [0.15, 0.2) is 5.78 Å². The molecular weight excluding hydrogens is 388 g/mol. The van der Waals surface area contributed by atoms with E-state index in [2.05, 4.69) is 0 Å². The molecule has 0 aromatic carbocycles. The smallest absolute Gasteiger partial charge is 0.338 e. The minimum absolute atomic E-state index is 0.128. The molecule has 178 valence electrons. The van der Waals surface area contributed by atoms with Gasteiger partial charge in [-0.05, 0) is 48.0 Å². The number of carbonyl (C=O) groups is 2. The number of hydrogen-bond acceptors (Lipinski definition) is 4. The van der Waals surface area contributed by atoms with Gasteiger partial charge in [-0.15, -0.1) is 0 Å². The Hall–Kier alpha value is -2.20. The van der Waals surface area contributed by atoms with Crippen molar-refractivity contribution in [2.24, 2.45) is 0 Å². The lowest BCUT2D eigenvalue weighted by atomic mass is 9.95. The quantitative estimate of drug-likeness (QED) is 0.194. The Morgan fingerprint density at radius 3 is 1.97 bits per heavy atom. The Morgan fingerprint density at radius 1 is 0.935 bits per heavy atom. The average Bonchev–Trinajstić information content (AvgIpc) is 2.78. The Labute approximate surface area is 191 Å². The molecule has 0 rings (SSSR count). The summed E-state index contributed by atoms with van der Waals surface area (Å²) in [5, 5.41) is 0. The summed E-state index contributed by atoms with van der Waals surface area (Å²) in [6, 6.07) is 0. The zero-order valence-electron chi connectivity index (χ0n) is 21.7. The van der Waals surface area contributed by atoms with E-state index in [1.54, 1.807) is 52.0 Å². The van der Waals surface area contributed by atoms with Crippen molar-refractivity contribution in [2.45, 2.75) is 94.3 Å². The van der Waals surface area contributed by atoms with Gasteiger partial charge in [-0.1, -0.05) is 83.2 Å². The summed E-state index contributed by atoms with van der Waals surface area (Å²) in [6.07, 6.45) is 14.7. The third-order valence-electron chi connectivity index (χ3n) is 3.69. The molecule has 0 fully saturated rings. The molecule has 0 saturated heterocycles. The van der Waals surface area contributed by atoms with Gasteiger partial charge in [-0.2, -0.15) is 0 Å². The van der Waals surface area contributed by atoms with E-state index in [9.17, 15) is 9.59 Å². The summed E-state index contributed by atoms with van der Waals surface area (Å²) < 4.78 is 11.2. The van der Waals surface area contributed by atoms with Gasteiger partial charge in [0.1, 0.15) is 11.7 Å². The van der Waals surface area contributed by atoms with E-state index in [0.29, 0.717) is 11.1 Å². The average molecular weight is 435 g/mol. The van der Waals surface area contributed by atoms with E-state index in [0.717, 1.165) is 6.42 Å². The summed E-state index contributed by atoms with van der Waals surface area (Å²) in [4.78, 5) is 24.9. The molecule has 0 aliphatic heterocycles. The van der Waals surface area contributed by atoms with Crippen molar-refractivity contribution in [1.82, 2.24) is 0 Å². The zero-order valence-corrected chi connectivity index (χ0v) is 21.7. The molecule has 0 N–H and O–H groups in total. The molecule has 4 heteroatoms. The van der Waals surface area contributed by atoms with Crippen LogP contribution in [0.5, 0.6) is 0 Å². The first-order valence-electron chi connectivity index (χ1n) is 11.4. The molecule has 4 nitrogen and oxygen atoms in total. The predicted molar refractivity (Wildman–Crippen MR) is 134 cm³/mol. The molecule has 31 heavy (non-hydrogen) atoms. The van der Waals surface area contributed by atoms with Gasteiger partial charge in [0.25, 0.3) is 0 Å². The van der Waals surface area contributed by atoms with Gasteiger partial charge in [0.2, 0.25) is 0 Å².